The smallest absolute Gasteiger partial charge is 0.0879 e. The highest BCUT2D eigenvalue weighted by Crippen LogP contribution is 2.30. The minimum atomic E-state index is 0.570. The lowest BCUT2D eigenvalue weighted by Gasteiger charge is -2.28. The molecule has 1 aliphatic carbocycles. The molecule has 0 aliphatic heterocycles. The Kier molecular flexibility index (Phi) is 4.57. The topological polar surface area (TPSA) is 44.3 Å². The van der Waals surface area contributed by atoms with Crippen LogP contribution in [0, 0.1) is 0 Å². The molecule has 1 aliphatic rings. The van der Waals surface area contributed by atoms with Crippen LogP contribution in [0.25, 0.3) is 27.7 Å². The number of fused-ring (bicyclic) bond motifs is 1. The summed E-state index contributed by atoms with van der Waals surface area (Å²) in [4.78, 5) is 14.3. The fraction of sp³-hybridized carbons (Fsp3) is 0.273. The molecule has 0 unspecified atom stereocenters. The number of aliphatic imine (C=N–C) groups is 1. The molecule has 1 N–H and O–H groups in total. The highest BCUT2D eigenvalue weighted by Gasteiger charge is 2.22. The fourth-order valence-electron chi connectivity index (χ4n) is 3.86. The molecule has 0 amide bonds. The van der Waals surface area contributed by atoms with Crippen LogP contribution >= 0.6 is 0 Å². The van der Waals surface area contributed by atoms with Crippen LogP contribution < -0.4 is 0 Å². The van der Waals surface area contributed by atoms with Crippen LogP contribution in [0.15, 0.2) is 60.0 Å². The average Bonchev–Trinajstić information content (AvgIpc) is 3.36. The van der Waals surface area contributed by atoms with Crippen LogP contribution in [0.2, 0.25) is 0 Å². The third kappa shape index (κ3) is 3.15. The number of hydrogen-bond acceptors (Lipinski definition) is 3. The number of rotatable bonds is 5. The maximum Gasteiger partial charge on any atom is 0.0879 e. The van der Waals surface area contributed by atoms with E-state index in [4.69, 9.17) is 4.98 Å². The summed E-state index contributed by atoms with van der Waals surface area (Å²) in [5.41, 5.74) is 5.43. The standard InChI is InChI=1S/C22H24N4/c1-23-15-22(26(2)19-5-3-4-6-19)21-10-8-18(14-25-21)16-7-9-20-17(13-16)11-12-24-20/h7-15,19,24H,1,3-6H2,2H3/b22-15-. The number of pyridine rings is 1. The van der Waals surface area contributed by atoms with Crippen LogP contribution in [0.3, 0.4) is 0 Å². The Bertz CT molecular complexity index is 930. The van der Waals surface area contributed by atoms with E-state index in [-0.39, 0.29) is 0 Å². The molecule has 26 heavy (non-hydrogen) atoms. The normalized spacial score (nSPS) is 15.5. The summed E-state index contributed by atoms with van der Waals surface area (Å²) in [6.45, 7) is 3.64. The summed E-state index contributed by atoms with van der Waals surface area (Å²) >= 11 is 0. The third-order valence-corrected chi connectivity index (χ3v) is 5.38. The van der Waals surface area contributed by atoms with Gasteiger partial charge in [0, 0.05) is 36.6 Å². The summed E-state index contributed by atoms with van der Waals surface area (Å²) in [6, 6.07) is 13.3. The van der Waals surface area contributed by atoms with E-state index in [1.165, 1.54) is 36.6 Å². The Morgan fingerprint density at radius 1 is 1.19 bits per heavy atom. The van der Waals surface area contributed by atoms with Crippen molar-refractivity contribution in [3.05, 3.63) is 60.7 Å². The van der Waals surface area contributed by atoms with Gasteiger partial charge in [-0.3, -0.25) is 9.98 Å². The molecule has 0 radical (unpaired) electrons. The van der Waals surface area contributed by atoms with Gasteiger partial charge in [0.05, 0.1) is 17.6 Å². The quantitative estimate of drug-likeness (QED) is 0.654. The summed E-state index contributed by atoms with van der Waals surface area (Å²) in [5.74, 6) is 0. The predicted octanol–water partition coefficient (Wildman–Crippen LogP) is 5.10. The van der Waals surface area contributed by atoms with Crippen LogP contribution in [0.5, 0.6) is 0 Å². The van der Waals surface area contributed by atoms with Crippen molar-refractivity contribution in [1.29, 1.82) is 0 Å². The van der Waals surface area contributed by atoms with E-state index in [0.717, 1.165) is 22.5 Å². The largest absolute Gasteiger partial charge is 0.369 e. The highest BCUT2D eigenvalue weighted by molar-refractivity contribution is 5.85. The number of aromatic amines is 1. The van der Waals surface area contributed by atoms with Crippen molar-refractivity contribution in [2.75, 3.05) is 7.05 Å². The zero-order valence-electron chi connectivity index (χ0n) is 15.2. The molecule has 0 spiro atoms. The van der Waals surface area contributed by atoms with E-state index in [2.05, 4.69) is 65.0 Å². The number of benzene rings is 1. The van der Waals surface area contributed by atoms with Gasteiger partial charge in [0.2, 0.25) is 0 Å². The van der Waals surface area contributed by atoms with Crippen molar-refractivity contribution in [2.24, 2.45) is 4.99 Å². The Morgan fingerprint density at radius 2 is 2.00 bits per heavy atom. The van der Waals surface area contributed by atoms with E-state index in [1.807, 2.05) is 18.6 Å². The molecule has 3 aromatic rings. The molecule has 0 bridgehead atoms. The van der Waals surface area contributed by atoms with Crippen molar-refractivity contribution < 1.29 is 0 Å². The molecular weight excluding hydrogens is 320 g/mol. The van der Waals surface area contributed by atoms with Gasteiger partial charge < -0.3 is 9.88 Å². The lowest BCUT2D eigenvalue weighted by atomic mass is 10.0. The van der Waals surface area contributed by atoms with E-state index < -0.39 is 0 Å². The minimum Gasteiger partial charge on any atom is -0.369 e. The van der Waals surface area contributed by atoms with Crippen molar-refractivity contribution >= 4 is 23.3 Å². The SMILES string of the molecule is C=N/C=C(/c1ccc(-c2ccc3[nH]ccc3c2)cn1)N(C)C1CCCC1. The van der Waals surface area contributed by atoms with Crippen molar-refractivity contribution in [3.63, 3.8) is 0 Å². The van der Waals surface area contributed by atoms with Crippen LogP contribution in [-0.2, 0) is 0 Å². The van der Waals surface area contributed by atoms with Gasteiger partial charge in [0.1, 0.15) is 0 Å². The highest BCUT2D eigenvalue weighted by atomic mass is 15.2. The van der Waals surface area contributed by atoms with Gasteiger partial charge in [-0.25, -0.2) is 0 Å². The third-order valence-electron chi connectivity index (χ3n) is 5.38. The molecular formula is C22H24N4. The molecule has 0 atom stereocenters. The predicted molar refractivity (Wildman–Crippen MR) is 109 cm³/mol. The number of H-pyrrole nitrogens is 1. The lowest BCUT2D eigenvalue weighted by Crippen LogP contribution is -2.28. The van der Waals surface area contributed by atoms with E-state index >= 15 is 0 Å². The monoisotopic (exact) mass is 344 g/mol. The molecule has 4 heteroatoms. The first-order valence-corrected chi connectivity index (χ1v) is 9.19. The second-order valence-electron chi connectivity index (χ2n) is 6.96. The number of aromatic nitrogens is 2. The fourth-order valence-corrected chi connectivity index (χ4v) is 3.86. The van der Waals surface area contributed by atoms with Gasteiger partial charge in [-0.1, -0.05) is 25.0 Å². The second kappa shape index (κ2) is 7.16. The van der Waals surface area contributed by atoms with Gasteiger partial charge in [-0.05, 0) is 54.8 Å². The minimum absolute atomic E-state index is 0.570. The summed E-state index contributed by atoms with van der Waals surface area (Å²) < 4.78 is 0. The number of hydrogen-bond donors (Lipinski definition) is 1. The Balaban J connectivity index is 1.62. The van der Waals surface area contributed by atoms with Crippen molar-refractivity contribution in [2.45, 2.75) is 31.7 Å². The summed E-state index contributed by atoms with van der Waals surface area (Å²) in [5, 5.41) is 1.21. The van der Waals surface area contributed by atoms with E-state index in [9.17, 15) is 0 Å². The average molecular weight is 344 g/mol. The summed E-state index contributed by atoms with van der Waals surface area (Å²) in [6.07, 6.45) is 10.8. The van der Waals surface area contributed by atoms with E-state index in [1.54, 1.807) is 0 Å². The van der Waals surface area contributed by atoms with Crippen molar-refractivity contribution in [3.8, 4) is 11.1 Å². The number of nitrogens with zero attached hydrogens (tertiary/aromatic N) is 3. The van der Waals surface area contributed by atoms with Gasteiger partial charge in [-0.15, -0.1) is 0 Å². The first kappa shape index (κ1) is 16.6. The molecule has 1 aromatic carbocycles. The van der Waals surface area contributed by atoms with Gasteiger partial charge in [-0.2, -0.15) is 0 Å². The molecule has 4 nitrogen and oxygen atoms in total. The number of nitrogens with one attached hydrogen (secondary N) is 1. The molecule has 2 aromatic heterocycles. The molecule has 132 valence electrons. The lowest BCUT2D eigenvalue weighted by molar-refractivity contribution is 0.352. The Morgan fingerprint density at radius 3 is 2.73 bits per heavy atom. The van der Waals surface area contributed by atoms with Crippen molar-refractivity contribution in [1.82, 2.24) is 14.9 Å². The first-order valence-electron chi connectivity index (χ1n) is 9.19. The molecule has 4 rings (SSSR count). The second-order valence-corrected chi connectivity index (χ2v) is 6.96. The molecule has 2 heterocycles. The van der Waals surface area contributed by atoms with E-state index in [0.29, 0.717) is 6.04 Å². The Labute approximate surface area is 154 Å². The van der Waals surface area contributed by atoms with Crippen LogP contribution in [0.4, 0.5) is 0 Å². The van der Waals surface area contributed by atoms with Gasteiger partial charge in [0.15, 0.2) is 0 Å². The zero-order chi connectivity index (χ0) is 17.9. The molecule has 0 saturated heterocycles. The first-order chi connectivity index (χ1) is 12.8. The maximum absolute atomic E-state index is 4.73. The van der Waals surface area contributed by atoms with Gasteiger partial charge in [0.25, 0.3) is 0 Å². The maximum atomic E-state index is 4.73. The Hall–Kier alpha value is -2.88. The zero-order valence-corrected chi connectivity index (χ0v) is 15.2. The molecule has 1 fully saturated rings. The van der Waals surface area contributed by atoms with Gasteiger partial charge >= 0.3 is 0 Å². The molecule has 1 saturated carbocycles. The summed E-state index contributed by atoms with van der Waals surface area (Å²) in [7, 11) is 2.14. The van der Waals surface area contributed by atoms with Crippen LogP contribution in [0.1, 0.15) is 31.4 Å². The van der Waals surface area contributed by atoms with Crippen LogP contribution in [-0.4, -0.2) is 34.7 Å².